The van der Waals surface area contributed by atoms with Crippen LogP contribution in [0.5, 0.6) is 0 Å². The van der Waals surface area contributed by atoms with Crippen molar-refractivity contribution in [2.24, 2.45) is 5.73 Å². The summed E-state index contributed by atoms with van der Waals surface area (Å²) in [6.07, 6.45) is 58.4. The van der Waals surface area contributed by atoms with Crippen molar-refractivity contribution in [1.29, 1.82) is 0 Å². The van der Waals surface area contributed by atoms with Gasteiger partial charge in [0, 0.05) is 19.4 Å². The Morgan fingerprint density at radius 2 is 0.966 bits per heavy atom. The first-order valence-electron chi connectivity index (χ1n) is 22.4. The number of nitrogens with two attached hydrogens (primary N) is 1. The molecule has 0 aliphatic rings. The molecule has 2 atom stereocenters. The molecule has 0 saturated carbocycles. The van der Waals surface area contributed by atoms with Gasteiger partial charge in [0.2, 0.25) is 0 Å². The van der Waals surface area contributed by atoms with E-state index in [-0.39, 0.29) is 32.6 Å². The normalized spacial score (nSPS) is 14.3. The smallest absolute Gasteiger partial charge is 0.462 e. The van der Waals surface area contributed by atoms with E-state index in [4.69, 9.17) is 24.3 Å². The molecule has 0 spiro atoms. The molecule has 0 aliphatic heterocycles. The summed E-state index contributed by atoms with van der Waals surface area (Å²) in [5.41, 5.74) is 5.34. The average molecular weight is 842 g/mol. The van der Waals surface area contributed by atoms with Crippen molar-refractivity contribution in [3.63, 3.8) is 0 Å². The Balaban J connectivity index is 4.31. The van der Waals surface area contributed by atoms with Crippen molar-refractivity contribution in [2.45, 2.75) is 161 Å². The van der Waals surface area contributed by atoms with Gasteiger partial charge in [0.15, 0.2) is 6.10 Å². The van der Waals surface area contributed by atoms with Crippen molar-refractivity contribution in [2.75, 3.05) is 26.4 Å². The number of rotatable bonds is 40. The standard InChI is InChI=1S/C49H80NO8P/c1-3-5-7-9-11-13-15-17-19-21-23-25-27-29-31-33-35-37-39-41-48(51)55-45-47(46-57-59(53,54)56-44-43-50)58-49(52)42-40-38-36-34-32-30-28-26-24-22-20-18-16-14-12-10-8-6-4-2/h6,8,11-14,17-20,23-26,30,32,36,38,47H,3-5,7,9-10,15-16,21-22,27-29,31,33-35,37,39-46,50H2,1-2H3,(H,53,54)/b8-6-,13-11-,14-12-,19-17-,20-18-,25-23-,26-24-,32-30-,38-36-. The van der Waals surface area contributed by atoms with Crippen LogP contribution in [0.15, 0.2) is 109 Å². The van der Waals surface area contributed by atoms with Crippen molar-refractivity contribution in [3.8, 4) is 0 Å². The van der Waals surface area contributed by atoms with Crippen LogP contribution in [-0.2, 0) is 32.7 Å². The number of phosphoric acid groups is 1. The van der Waals surface area contributed by atoms with Gasteiger partial charge in [-0.15, -0.1) is 0 Å². The molecule has 0 aromatic heterocycles. The molecule has 0 heterocycles. The number of hydrogen-bond acceptors (Lipinski definition) is 8. The Morgan fingerprint density at radius 1 is 0.525 bits per heavy atom. The molecule has 0 bridgehead atoms. The maximum Gasteiger partial charge on any atom is 0.472 e. The quantitative estimate of drug-likeness (QED) is 0.0267. The van der Waals surface area contributed by atoms with E-state index in [0.29, 0.717) is 12.8 Å². The lowest BCUT2D eigenvalue weighted by Gasteiger charge is -2.19. The molecule has 0 saturated heterocycles. The van der Waals surface area contributed by atoms with Gasteiger partial charge in [-0.25, -0.2) is 4.57 Å². The Hall–Kier alpha value is -3.33. The Kier molecular flexibility index (Phi) is 41.7. The number of hydrogen-bond donors (Lipinski definition) is 2. The topological polar surface area (TPSA) is 134 Å². The molecule has 334 valence electrons. The highest BCUT2D eigenvalue weighted by molar-refractivity contribution is 7.47. The number of phosphoric ester groups is 1. The van der Waals surface area contributed by atoms with Crippen LogP contribution in [0.25, 0.3) is 0 Å². The first-order valence-corrected chi connectivity index (χ1v) is 23.9. The van der Waals surface area contributed by atoms with E-state index < -0.39 is 32.5 Å². The van der Waals surface area contributed by atoms with Crippen molar-refractivity contribution in [3.05, 3.63) is 109 Å². The molecule has 3 N–H and O–H groups in total. The lowest BCUT2D eigenvalue weighted by molar-refractivity contribution is -0.161. The Labute approximate surface area is 359 Å². The van der Waals surface area contributed by atoms with Crippen LogP contribution < -0.4 is 5.73 Å². The average Bonchev–Trinajstić information content (AvgIpc) is 3.22. The molecule has 0 amide bonds. The highest BCUT2D eigenvalue weighted by Crippen LogP contribution is 2.43. The Morgan fingerprint density at radius 3 is 1.46 bits per heavy atom. The SMILES string of the molecule is CC/C=C\C/C=C\C/C=C\C/C=C\C/C=C\C/C=C\CCC(=O)OC(COC(=O)CCCCCCCC/C=C\C/C=C\C/C=C\CCCCC)COP(=O)(O)OCCN. The molecule has 9 nitrogen and oxygen atoms in total. The van der Waals surface area contributed by atoms with Crippen LogP contribution >= 0.6 is 7.82 Å². The maximum absolute atomic E-state index is 12.6. The van der Waals surface area contributed by atoms with Gasteiger partial charge in [-0.3, -0.25) is 18.6 Å². The largest absolute Gasteiger partial charge is 0.472 e. The molecule has 0 rings (SSSR count). The van der Waals surface area contributed by atoms with Crippen LogP contribution in [0.3, 0.4) is 0 Å². The third-order valence-corrected chi connectivity index (χ3v) is 9.64. The molecular weight excluding hydrogens is 762 g/mol. The van der Waals surface area contributed by atoms with Crippen LogP contribution in [0.4, 0.5) is 0 Å². The molecule has 0 radical (unpaired) electrons. The van der Waals surface area contributed by atoms with Crippen LogP contribution in [0.2, 0.25) is 0 Å². The van der Waals surface area contributed by atoms with E-state index in [1.807, 2.05) is 12.2 Å². The van der Waals surface area contributed by atoms with Gasteiger partial charge in [0.05, 0.1) is 13.2 Å². The second kappa shape index (κ2) is 44.2. The molecule has 0 fully saturated rings. The summed E-state index contributed by atoms with van der Waals surface area (Å²) in [6.45, 7) is 3.46. The van der Waals surface area contributed by atoms with Crippen molar-refractivity contribution in [1.82, 2.24) is 0 Å². The lowest BCUT2D eigenvalue weighted by Crippen LogP contribution is -2.29. The molecule has 59 heavy (non-hydrogen) atoms. The van der Waals surface area contributed by atoms with Gasteiger partial charge in [0.1, 0.15) is 6.61 Å². The number of esters is 2. The Bertz CT molecular complexity index is 1330. The number of unbranched alkanes of at least 4 members (excludes halogenated alkanes) is 9. The molecule has 0 aromatic carbocycles. The van der Waals surface area contributed by atoms with Gasteiger partial charge in [0.25, 0.3) is 0 Å². The molecule has 10 heteroatoms. The summed E-state index contributed by atoms with van der Waals surface area (Å²) in [7, 11) is -4.41. The van der Waals surface area contributed by atoms with E-state index in [0.717, 1.165) is 89.9 Å². The molecular formula is C49H80NO8P. The lowest BCUT2D eigenvalue weighted by atomic mass is 10.1. The molecule has 0 aliphatic carbocycles. The van der Waals surface area contributed by atoms with E-state index in [2.05, 4.69) is 111 Å². The summed E-state index contributed by atoms with van der Waals surface area (Å²) < 4.78 is 32.7. The van der Waals surface area contributed by atoms with Gasteiger partial charge in [-0.05, 0) is 89.9 Å². The van der Waals surface area contributed by atoms with E-state index in [1.54, 1.807) is 0 Å². The third kappa shape index (κ3) is 44.1. The van der Waals surface area contributed by atoms with E-state index in [1.165, 1.54) is 25.7 Å². The van der Waals surface area contributed by atoms with Crippen molar-refractivity contribution < 1.29 is 37.6 Å². The minimum absolute atomic E-state index is 0.0335. The number of allylic oxidation sites excluding steroid dienone is 18. The second-order valence-electron chi connectivity index (χ2n) is 14.2. The summed E-state index contributed by atoms with van der Waals surface area (Å²) in [5.74, 6) is -0.952. The highest BCUT2D eigenvalue weighted by atomic mass is 31.2. The fraction of sp³-hybridized carbons (Fsp3) is 0.592. The zero-order chi connectivity index (χ0) is 43.2. The molecule has 2 unspecified atom stereocenters. The predicted octanol–water partition coefficient (Wildman–Crippen LogP) is 13.2. The first-order chi connectivity index (χ1) is 28.8. The zero-order valence-electron chi connectivity index (χ0n) is 36.7. The summed E-state index contributed by atoms with van der Waals surface area (Å²) >= 11 is 0. The minimum Gasteiger partial charge on any atom is -0.462 e. The highest BCUT2D eigenvalue weighted by Gasteiger charge is 2.25. The maximum atomic E-state index is 12.6. The number of carbonyl (C=O) groups is 2. The second-order valence-corrected chi connectivity index (χ2v) is 15.6. The summed E-state index contributed by atoms with van der Waals surface area (Å²) in [5, 5.41) is 0. The third-order valence-electron chi connectivity index (χ3n) is 8.66. The van der Waals surface area contributed by atoms with E-state index >= 15 is 0 Å². The first kappa shape index (κ1) is 55.7. The van der Waals surface area contributed by atoms with Gasteiger partial charge < -0.3 is 20.1 Å². The predicted molar refractivity (Wildman–Crippen MR) is 247 cm³/mol. The van der Waals surface area contributed by atoms with Gasteiger partial charge >= 0.3 is 19.8 Å². The summed E-state index contributed by atoms with van der Waals surface area (Å²) in [4.78, 5) is 34.9. The van der Waals surface area contributed by atoms with Crippen LogP contribution in [0, 0.1) is 0 Å². The van der Waals surface area contributed by atoms with E-state index in [9.17, 15) is 19.0 Å². The van der Waals surface area contributed by atoms with Crippen molar-refractivity contribution >= 4 is 19.8 Å². The van der Waals surface area contributed by atoms with Crippen LogP contribution in [0.1, 0.15) is 155 Å². The monoisotopic (exact) mass is 842 g/mol. The summed E-state index contributed by atoms with van der Waals surface area (Å²) in [6, 6.07) is 0. The minimum atomic E-state index is -4.41. The van der Waals surface area contributed by atoms with Gasteiger partial charge in [-0.2, -0.15) is 0 Å². The number of carbonyl (C=O) groups excluding carboxylic acids is 2. The number of ether oxygens (including phenoxy) is 2. The fourth-order valence-electron chi connectivity index (χ4n) is 5.37. The van der Waals surface area contributed by atoms with Crippen LogP contribution in [-0.4, -0.2) is 49.3 Å². The fourth-order valence-corrected chi connectivity index (χ4v) is 6.14. The molecule has 0 aromatic rings. The van der Waals surface area contributed by atoms with Gasteiger partial charge in [-0.1, -0.05) is 162 Å². The zero-order valence-corrected chi connectivity index (χ0v) is 37.6.